The summed E-state index contributed by atoms with van der Waals surface area (Å²) in [5, 5.41) is 11.0. The highest BCUT2D eigenvalue weighted by Crippen LogP contribution is 2.27. The topological polar surface area (TPSA) is 108 Å². The summed E-state index contributed by atoms with van der Waals surface area (Å²) in [4.78, 5) is 10.2. The molecular formula is C17H20N2O6S. The zero-order chi connectivity index (χ0) is 19.3. The van der Waals surface area contributed by atoms with E-state index >= 15 is 0 Å². The molecule has 0 aromatic heterocycles. The third-order valence-corrected chi connectivity index (χ3v) is 5.30. The van der Waals surface area contributed by atoms with Crippen molar-refractivity contribution in [3.8, 4) is 11.5 Å². The van der Waals surface area contributed by atoms with Gasteiger partial charge in [0.15, 0.2) is 11.5 Å². The van der Waals surface area contributed by atoms with Crippen molar-refractivity contribution in [2.75, 3.05) is 20.8 Å². The summed E-state index contributed by atoms with van der Waals surface area (Å²) in [7, 11) is -0.785. The van der Waals surface area contributed by atoms with Gasteiger partial charge in [0.2, 0.25) is 10.0 Å². The molecule has 0 aliphatic heterocycles. The van der Waals surface area contributed by atoms with E-state index in [4.69, 9.17) is 9.47 Å². The van der Waals surface area contributed by atoms with Crippen LogP contribution in [0.5, 0.6) is 11.5 Å². The number of nitro benzene ring substituents is 1. The first-order valence-corrected chi connectivity index (χ1v) is 9.22. The maximum Gasteiger partial charge on any atom is 0.273 e. The normalized spacial score (nSPS) is 11.2. The van der Waals surface area contributed by atoms with Gasteiger partial charge >= 0.3 is 0 Å². The van der Waals surface area contributed by atoms with Crippen LogP contribution in [0.25, 0.3) is 0 Å². The Morgan fingerprint density at radius 1 is 1.08 bits per heavy atom. The third-order valence-electron chi connectivity index (χ3n) is 3.84. The lowest BCUT2D eigenvalue weighted by atomic mass is 10.1. The first kappa shape index (κ1) is 19.7. The predicted octanol–water partition coefficient (Wildman–Crippen LogP) is 2.44. The van der Waals surface area contributed by atoms with Crippen LogP contribution in [-0.4, -0.2) is 34.1 Å². The molecule has 0 saturated carbocycles. The van der Waals surface area contributed by atoms with Crippen LogP contribution >= 0.6 is 0 Å². The number of aryl methyl sites for hydroxylation is 1. The Labute approximate surface area is 152 Å². The number of hydrogen-bond acceptors (Lipinski definition) is 6. The second-order valence-electron chi connectivity index (χ2n) is 5.54. The van der Waals surface area contributed by atoms with Crippen molar-refractivity contribution < 1.29 is 22.8 Å². The summed E-state index contributed by atoms with van der Waals surface area (Å²) >= 11 is 0. The van der Waals surface area contributed by atoms with Gasteiger partial charge in [-0.3, -0.25) is 10.1 Å². The smallest absolute Gasteiger partial charge is 0.273 e. The quantitative estimate of drug-likeness (QED) is 0.557. The van der Waals surface area contributed by atoms with E-state index in [2.05, 4.69) is 4.72 Å². The Bertz CT molecular complexity index is 911. The molecule has 0 spiro atoms. The van der Waals surface area contributed by atoms with Crippen LogP contribution in [0, 0.1) is 17.0 Å². The Balaban J connectivity index is 2.09. The minimum absolute atomic E-state index is 0.137. The van der Waals surface area contributed by atoms with Crippen molar-refractivity contribution in [1.29, 1.82) is 0 Å². The van der Waals surface area contributed by atoms with Gasteiger partial charge in [-0.15, -0.1) is 0 Å². The van der Waals surface area contributed by atoms with Crippen LogP contribution in [-0.2, 0) is 16.4 Å². The van der Waals surface area contributed by atoms with E-state index in [1.165, 1.54) is 26.4 Å². The van der Waals surface area contributed by atoms with E-state index in [0.717, 1.165) is 11.6 Å². The van der Waals surface area contributed by atoms with Crippen molar-refractivity contribution in [2.45, 2.75) is 18.2 Å². The van der Waals surface area contributed by atoms with Crippen LogP contribution in [0.15, 0.2) is 41.3 Å². The molecule has 0 fully saturated rings. The second-order valence-corrected chi connectivity index (χ2v) is 7.31. The molecule has 0 heterocycles. The van der Waals surface area contributed by atoms with Gasteiger partial charge in [0.1, 0.15) is 0 Å². The summed E-state index contributed by atoms with van der Waals surface area (Å²) in [5.74, 6) is 1.14. The summed E-state index contributed by atoms with van der Waals surface area (Å²) in [5.41, 5.74) is 1.03. The second kappa shape index (κ2) is 8.15. The SMILES string of the molecule is COc1ccc(CCNS(=O)(=O)c2ccc(C)c([N+](=O)[O-])c2)cc1OC. The number of methoxy groups -OCH3 is 2. The zero-order valence-electron chi connectivity index (χ0n) is 14.7. The fourth-order valence-electron chi connectivity index (χ4n) is 2.40. The Morgan fingerprint density at radius 3 is 2.38 bits per heavy atom. The van der Waals surface area contributed by atoms with Crippen LogP contribution in [0.2, 0.25) is 0 Å². The number of nitrogens with zero attached hydrogens (tertiary/aromatic N) is 1. The van der Waals surface area contributed by atoms with Gasteiger partial charge in [0.25, 0.3) is 5.69 Å². The molecule has 0 atom stereocenters. The van der Waals surface area contributed by atoms with Crippen LogP contribution in [0.4, 0.5) is 5.69 Å². The molecule has 140 valence electrons. The Morgan fingerprint density at radius 2 is 1.77 bits per heavy atom. The minimum Gasteiger partial charge on any atom is -0.493 e. The maximum absolute atomic E-state index is 12.4. The lowest BCUT2D eigenvalue weighted by Gasteiger charge is -2.10. The maximum atomic E-state index is 12.4. The van der Waals surface area contributed by atoms with E-state index in [-0.39, 0.29) is 17.1 Å². The monoisotopic (exact) mass is 380 g/mol. The number of sulfonamides is 1. The summed E-state index contributed by atoms with van der Waals surface area (Å²) in [6, 6.07) is 9.15. The van der Waals surface area contributed by atoms with Gasteiger partial charge < -0.3 is 9.47 Å². The van der Waals surface area contributed by atoms with E-state index in [9.17, 15) is 18.5 Å². The molecule has 2 rings (SSSR count). The molecule has 0 aliphatic carbocycles. The van der Waals surface area contributed by atoms with E-state index < -0.39 is 14.9 Å². The van der Waals surface area contributed by atoms with E-state index in [1.54, 1.807) is 19.1 Å². The molecule has 9 heteroatoms. The van der Waals surface area contributed by atoms with Crippen molar-refractivity contribution in [3.05, 3.63) is 57.6 Å². The average Bonchev–Trinajstić information content (AvgIpc) is 2.61. The molecule has 0 saturated heterocycles. The molecule has 8 nitrogen and oxygen atoms in total. The molecule has 1 N–H and O–H groups in total. The minimum atomic E-state index is -3.84. The standard InChI is InChI=1S/C17H20N2O6S/c1-12-4-6-14(11-15(12)19(20)21)26(22,23)18-9-8-13-5-7-16(24-2)17(10-13)25-3/h4-7,10-11,18H,8-9H2,1-3H3. The number of nitrogens with one attached hydrogen (secondary N) is 1. The van der Waals surface area contributed by atoms with Gasteiger partial charge in [-0.1, -0.05) is 12.1 Å². The van der Waals surface area contributed by atoms with Crippen molar-refractivity contribution in [2.24, 2.45) is 0 Å². The average molecular weight is 380 g/mol. The van der Waals surface area contributed by atoms with E-state index in [1.807, 2.05) is 6.07 Å². The molecule has 0 unspecified atom stereocenters. The van der Waals surface area contributed by atoms with Crippen LogP contribution in [0.3, 0.4) is 0 Å². The highest BCUT2D eigenvalue weighted by Gasteiger charge is 2.19. The Kier molecular flexibility index (Phi) is 6.17. The van der Waals surface area contributed by atoms with Crippen molar-refractivity contribution in [1.82, 2.24) is 4.72 Å². The van der Waals surface area contributed by atoms with Gasteiger partial charge in [0, 0.05) is 18.2 Å². The van der Waals surface area contributed by atoms with Crippen molar-refractivity contribution in [3.63, 3.8) is 0 Å². The number of hydrogen-bond donors (Lipinski definition) is 1. The lowest BCUT2D eigenvalue weighted by Crippen LogP contribution is -2.26. The summed E-state index contributed by atoms with van der Waals surface area (Å²) < 4.78 is 37.5. The first-order chi connectivity index (χ1) is 12.3. The van der Waals surface area contributed by atoms with E-state index in [0.29, 0.717) is 23.5 Å². The number of benzene rings is 2. The highest BCUT2D eigenvalue weighted by atomic mass is 32.2. The molecular weight excluding hydrogens is 360 g/mol. The summed E-state index contributed by atoms with van der Waals surface area (Å²) in [6.45, 7) is 1.69. The predicted molar refractivity (Wildman–Crippen MR) is 96.3 cm³/mol. The van der Waals surface area contributed by atoms with Gasteiger partial charge in [-0.2, -0.15) is 0 Å². The largest absolute Gasteiger partial charge is 0.493 e. The zero-order valence-corrected chi connectivity index (χ0v) is 15.5. The Hall–Kier alpha value is -2.65. The number of rotatable bonds is 8. The fraction of sp³-hybridized carbons (Fsp3) is 0.294. The van der Waals surface area contributed by atoms with Gasteiger partial charge in [-0.25, -0.2) is 13.1 Å². The first-order valence-electron chi connectivity index (χ1n) is 7.74. The number of nitro groups is 1. The van der Waals surface area contributed by atoms with Crippen molar-refractivity contribution >= 4 is 15.7 Å². The molecule has 2 aromatic rings. The number of ether oxygens (including phenoxy) is 2. The molecule has 0 aliphatic rings. The molecule has 0 amide bonds. The molecule has 0 bridgehead atoms. The highest BCUT2D eigenvalue weighted by molar-refractivity contribution is 7.89. The van der Waals surface area contributed by atoms with Crippen LogP contribution in [0.1, 0.15) is 11.1 Å². The molecule has 2 aromatic carbocycles. The van der Waals surface area contributed by atoms with Gasteiger partial charge in [-0.05, 0) is 37.1 Å². The fourth-order valence-corrected chi connectivity index (χ4v) is 3.45. The lowest BCUT2D eigenvalue weighted by molar-refractivity contribution is -0.385. The molecule has 0 radical (unpaired) electrons. The third kappa shape index (κ3) is 4.50. The van der Waals surface area contributed by atoms with Crippen LogP contribution < -0.4 is 14.2 Å². The van der Waals surface area contributed by atoms with Gasteiger partial charge in [0.05, 0.1) is 24.0 Å². The molecule has 26 heavy (non-hydrogen) atoms. The summed E-state index contributed by atoms with van der Waals surface area (Å²) in [6.07, 6.45) is 0.424.